The highest BCUT2D eigenvalue weighted by Crippen LogP contribution is 2.34. The molecule has 2 rings (SSSR count). The molecule has 0 saturated heterocycles. The average molecular weight is 458 g/mol. The summed E-state index contributed by atoms with van der Waals surface area (Å²) in [5.41, 5.74) is -2.31. The Labute approximate surface area is 179 Å². The van der Waals surface area contributed by atoms with Crippen molar-refractivity contribution in [3.05, 3.63) is 102 Å². The second-order valence-corrected chi connectivity index (χ2v) is 6.58. The van der Waals surface area contributed by atoms with E-state index in [1.165, 1.54) is 6.07 Å². The number of allylic oxidation sites excluding steroid dienone is 4. The van der Waals surface area contributed by atoms with Gasteiger partial charge in [0.25, 0.3) is 5.92 Å². The van der Waals surface area contributed by atoms with Gasteiger partial charge in [-0.25, -0.2) is 17.6 Å². The van der Waals surface area contributed by atoms with Gasteiger partial charge in [-0.3, -0.25) is 9.78 Å². The van der Waals surface area contributed by atoms with Crippen molar-refractivity contribution < 1.29 is 35.5 Å². The molecule has 2 aromatic rings. The number of nitrogens with one attached hydrogen (secondary N) is 1. The minimum atomic E-state index is -4.77. The van der Waals surface area contributed by atoms with Crippen molar-refractivity contribution >= 4 is 5.91 Å². The number of carbonyl (C=O) groups excluding carboxylic acids is 1. The van der Waals surface area contributed by atoms with Crippen LogP contribution < -0.4 is 5.32 Å². The smallest absolute Gasteiger partial charge is 0.326 e. The van der Waals surface area contributed by atoms with Crippen LogP contribution in [0.25, 0.3) is 0 Å². The normalized spacial score (nSPS) is 12.8. The zero-order valence-corrected chi connectivity index (χ0v) is 16.4. The zero-order chi connectivity index (χ0) is 23.9. The summed E-state index contributed by atoms with van der Waals surface area (Å²) in [5, 5.41) is 2.24. The van der Waals surface area contributed by atoms with Crippen molar-refractivity contribution in [3.63, 3.8) is 0 Å². The molecule has 3 nitrogen and oxygen atoms in total. The van der Waals surface area contributed by atoms with Gasteiger partial charge in [-0.1, -0.05) is 30.9 Å². The summed E-state index contributed by atoms with van der Waals surface area (Å²) < 4.78 is 94.4. The molecule has 0 bridgehead atoms. The molecular formula is C22H17F7N2O. The third-order valence-corrected chi connectivity index (χ3v) is 4.16. The lowest BCUT2D eigenvalue weighted by molar-refractivity contribution is -0.138. The van der Waals surface area contributed by atoms with Crippen LogP contribution in [-0.4, -0.2) is 16.8 Å². The van der Waals surface area contributed by atoms with E-state index < -0.39 is 59.2 Å². The minimum Gasteiger partial charge on any atom is -0.326 e. The fraction of sp³-hybridized carbons (Fsp3) is 0.182. The van der Waals surface area contributed by atoms with E-state index >= 15 is 0 Å². The summed E-state index contributed by atoms with van der Waals surface area (Å²) in [6, 6.07) is 4.01. The number of halogens is 7. The monoisotopic (exact) mass is 458 g/mol. The van der Waals surface area contributed by atoms with Gasteiger partial charge in [0.05, 0.1) is 24.4 Å². The van der Waals surface area contributed by atoms with Gasteiger partial charge < -0.3 is 5.32 Å². The van der Waals surface area contributed by atoms with Gasteiger partial charge in [0.15, 0.2) is 0 Å². The van der Waals surface area contributed by atoms with Gasteiger partial charge in [0.1, 0.15) is 11.6 Å². The molecule has 0 unspecified atom stereocenters. The van der Waals surface area contributed by atoms with E-state index in [4.69, 9.17) is 0 Å². The van der Waals surface area contributed by atoms with E-state index in [9.17, 15) is 35.5 Å². The fourth-order valence-corrected chi connectivity index (χ4v) is 2.69. The van der Waals surface area contributed by atoms with Crippen molar-refractivity contribution in [2.75, 3.05) is 0 Å². The first-order valence-electron chi connectivity index (χ1n) is 9.05. The second kappa shape index (κ2) is 10.3. The van der Waals surface area contributed by atoms with E-state index in [1.54, 1.807) is 0 Å². The molecule has 0 fully saturated rings. The maximum absolute atomic E-state index is 14.2. The summed E-state index contributed by atoms with van der Waals surface area (Å²) >= 11 is 0. The van der Waals surface area contributed by atoms with Crippen LogP contribution in [0, 0.1) is 11.6 Å². The van der Waals surface area contributed by atoms with Gasteiger partial charge in [-0.05, 0) is 29.9 Å². The molecular weight excluding hydrogens is 441 g/mol. The molecule has 1 amide bonds. The van der Waals surface area contributed by atoms with Crippen molar-refractivity contribution in [3.8, 4) is 0 Å². The van der Waals surface area contributed by atoms with E-state index in [1.807, 2.05) is 0 Å². The van der Waals surface area contributed by atoms with Crippen molar-refractivity contribution in [1.29, 1.82) is 0 Å². The molecule has 1 aromatic heterocycles. The zero-order valence-electron chi connectivity index (χ0n) is 16.4. The number of nitrogens with zero attached hydrogens (tertiary/aromatic N) is 1. The highest BCUT2D eigenvalue weighted by Gasteiger charge is 2.36. The molecule has 1 heterocycles. The Morgan fingerprint density at radius 1 is 1.06 bits per heavy atom. The molecule has 0 aliphatic carbocycles. The minimum absolute atomic E-state index is 0.0624. The highest BCUT2D eigenvalue weighted by atomic mass is 19.4. The quantitative estimate of drug-likeness (QED) is 0.417. The standard InChI is InChI=1S/C22H17F7N2O/c1-2-15(31-20(32)10-16-18(23)12-30-13-19(16)24)7-5-9-21(25,26)11-14-6-3-4-8-17(14)22(27,28)29/h2-9,12-13H,1,10-11H2,(H,31,32). The first-order valence-corrected chi connectivity index (χ1v) is 9.05. The van der Waals surface area contributed by atoms with Crippen LogP contribution in [0.5, 0.6) is 0 Å². The molecule has 0 saturated carbocycles. The molecule has 0 aliphatic heterocycles. The SMILES string of the molecule is C=CC(=CC=CC(F)(F)Cc1ccccc1C(F)(F)F)NC(=O)Cc1c(F)cncc1F. The first-order chi connectivity index (χ1) is 14.9. The summed E-state index contributed by atoms with van der Waals surface area (Å²) in [5.74, 6) is -6.53. The third kappa shape index (κ3) is 7.07. The first kappa shape index (κ1) is 24.8. The van der Waals surface area contributed by atoms with Gasteiger partial charge in [0.2, 0.25) is 5.91 Å². The van der Waals surface area contributed by atoms with Crippen LogP contribution in [0.4, 0.5) is 30.7 Å². The van der Waals surface area contributed by atoms with Crippen LogP contribution in [0.3, 0.4) is 0 Å². The molecule has 1 N–H and O–H groups in total. The highest BCUT2D eigenvalue weighted by molar-refractivity contribution is 5.80. The van der Waals surface area contributed by atoms with E-state index in [0.717, 1.165) is 48.8 Å². The Morgan fingerprint density at radius 3 is 2.28 bits per heavy atom. The summed E-state index contributed by atoms with van der Waals surface area (Å²) in [4.78, 5) is 15.3. The van der Waals surface area contributed by atoms with Gasteiger partial charge in [0, 0.05) is 17.7 Å². The Kier molecular flexibility index (Phi) is 7.96. The van der Waals surface area contributed by atoms with Crippen LogP contribution >= 0.6 is 0 Å². The van der Waals surface area contributed by atoms with Crippen LogP contribution in [-0.2, 0) is 23.8 Å². The lowest BCUT2D eigenvalue weighted by Gasteiger charge is -2.16. The van der Waals surface area contributed by atoms with Crippen LogP contribution in [0.2, 0.25) is 0 Å². The topological polar surface area (TPSA) is 42.0 Å². The van der Waals surface area contributed by atoms with Gasteiger partial charge in [-0.2, -0.15) is 13.2 Å². The predicted molar refractivity (Wildman–Crippen MR) is 104 cm³/mol. The third-order valence-electron chi connectivity index (χ3n) is 4.16. The Balaban J connectivity index is 2.08. The molecule has 0 atom stereocenters. The largest absolute Gasteiger partial charge is 0.416 e. The van der Waals surface area contributed by atoms with Crippen molar-refractivity contribution in [1.82, 2.24) is 10.3 Å². The summed E-state index contributed by atoms with van der Waals surface area (Å²) in [6.07, 6.45) is -1.85. The van der Waals surface area contributed by atoms with Crippen LogP contribution in [0.1, 0.15) is 16.7 Å². The number of alkyl halides is 5. The van der Waals surface area contributed by atoms with Crippen molar-refractivity contribution in [2.45, 2.75) is 24.9 Å². The number of carbonyl (C=O) groups is 1. The van der Waals surface area contributed by atoms with E-state index in [-0.39, 0.29) is 5.70 Å². The Hall–Kier alpha value is -3.43. The number of aromatic nitrogens is 1. The number of benzene rings is 1. The lowest BCUT2D eigenvalue weighted by atomic mass is 10.0. The number of rotatable bonds is 8. The number of pyridine rings is 1. The van der Waals surface area contributed by atoms with Crippen molar-refractivity contribution in [2.24, 2.45) is 0 Å². The molecule has 0 spiro atoms. The summed E-state index contributed by atoms with van der Waals surface area (Å²) in [7, 11) is 0. The number of amides is 1. The fourth-order valence-electron chi connectivity index (χ4n) is 2.69. The predicted octanol–water partition coefficient (Wildman–Crippen LogP) is 5.54. The maximum Gasteiger partial charge on any atom is 0.416 e. The second-order valence-electron chi connectivity index (χ2n) is 6.58. The Morgan fingerprint density at radius 2 is 1.69 bits per heavy atom. The molecule has 10 heteroatoms. The van der Waals surface area contributed by atoms with E-state index in [2.05, 4.69) is 16.9 Å². The van der Waals surface area contributed by atoms with E-state index in [0.29, 0.717) is 6.08 Å². The summed E-state index contributed by atoms with van der Waals surface area (Å²) in [6.45, 7) is 3.39. The molecule has 170 valence electrons. The van der Waals surface area contributed by atoms with Gasteiger partial charge >= 0.3 is 6.18 Å². The molecule has 0 aliphatic rings. The average Bonchev–Trinajstić information content (AvgIpc) is 2.69. The van der Waals surface area contributed by atoms with Crippen LogP contribution in [0.15, 0.2) is 73.2 Å². The molecule has 0 radical (unpaired) electrons. The van der Waals surface area contributed by atoms with Gasteiger partial charge in [-0.15, -0.1) is 0 Å². The number of hydrogen-bond acceptors (Lipinski definition) is 2. The lowest BCUT2D eigenvalue weighted by Crippen LogP contribution is -2.24. The molecule has 1 aromatic carbocycles. The maximum atomic E-state index is 14.2. The molecule has 32 heavy (non-hydrogen) atoms. The number of hydrogen-bond donors (Lipinski definition) is 1. The Bertz CT molecular complexity index is 1020.